The Balaban J connectivity index is 1.66. The molecule has 2 aliphatic rings. The number of nitrogens with one attached hydrogen (secondary N) is 2. The number of ether oxygens (including phenoxy) is 2. The minimum Gasteiger partial charge on any atom is -0.482 e. The van der Waals surface area contributed by atoms with E-state index in [0.717, 1.165) is 49.6 Å². The van der Waals surface area contributed by atoms with Crippen LogP contribution in [0.5, 0.6) is 5.75 Å². The predicted molar refractivity (Wildman–Crippen MR) is 75.9 cm³/mol. The number of fused-ring (bicyclic) bond motifs is 1. The summed E-state index contributed by atoms with van der Waals surface area (Å²) in [6.45, 7) is 4.75. The Bertz CT molecular complexity index is 510. The van der Waals surface area contributed by atoms with E-state index in [9.17, 15) is 4.79 Å². The number of rotatable bonds is 3. The Morgan fingerprint density at radius 2 is 2.15 bits per heavy atom. The second kappa shape index (κ2) is 5.42. The third-order valence-electron chi connectivity index (χ3n) is 3.99. The first-order valence-electron chi connectivity index (χ1n) is 7.03. The maximum atomic E-state index is 11.3. The standard InChI is InChI=1S/C15H20N2O3/c1-15(4-6-19-7-5-15)16-9-11-2-3-13-12(8-11)17-14(18)10-20-13/h2-3,8,16H,4-7,9-10H2,1H3,(H,17,18). The second-order valence-corrected chi connectivity index (χ2v) is 5.69. The summed E-state index contributed by atoms with van der Waals surface area (Å²) in [5.74, 6) is 0.643. The zero-order valence-corrected chi connectivity index (χ0v) is 11.7. The quantitative estimate of drug-likeness (QED) is 0.882. The number of hydrogen-bond acceptors (Lipinski definition) is 4. The smallest absolute Gasteiger partial charge is 0.262 e. The third kappa shape index (κ3) is 2.94. The monoisotopic (exact) mass is 276 g/mol. The summed E-state index contributed by atoms with van der Waals surface area (Å²) in [5.41, 5.74) is 2.04. The lowest BCUT2D eigenvalue weighted by Crippen LogP contribution is -2.46. The lowest BCUT2D eigenvalue weighted by atomic mass is 9.92. The molecule has 108 valence electrons. The average Bonchev–Trinajstić information content (AvgIpc) is 2.45. The Morgan fingerprint density at radius 3 is 2.95 bits per heavy atom. The van der Waals surface area contributed by atoms with Crippen LogP contribution in [0.1, 0.15) is 25.3 Å². The Kier molecular flexibility index (Phi) is 3.63. The number of carbonyl (C=O) groups excluding carboxylic acids is 1. The molecule has 0 bridgehead atoms. The van der Waals surface area contributed by atoms with Gasteiger partial charge in [-0.05, 0) is 37.5 Å². The molecule has 3 rings (SSSR count). The van der Waals surface area contributed by atoms with E-state index in [0.29, 0.717) is 0 Å². The highest BCUT2D eigenvalue weighted by Gasteiger charge is 2.26. The van der Waals surface area contributed by atoms with Crippen LogP contribution >= 0.6 is 0 Å². The first-order chi connectivity index (χ1) is 9.65. The van der Waals surface area contributed by atoms with Crippen molar-refractivity contribution in [2.75, 3.05) is 25.1 Å². The average molecular weight is 276 g/mol. The van der Waals surface area contributed by atoms with Crippen molar-refractivity contribution in [1.82, 2.24) is 5.32 Å². The van der Waals surface area contributed by atoms with E-state index in [-0.39, 0.29) is 18.1 Å². The molecule has 1 saturated heterocycles. The molecule has 2 heterocycles. The van der Waals surface area contributed by atoms with Crippen LogP contribution in [0.3, 0.4) is 0 Å². The summed E-state index contributed by atoms with van der Waals surface area (Å²) in [5, 5.41) is 6.43. The van der Waals surface area contributed by atoms with Crippen molar-refractivity contribution in [1.29, 1.82) is 0 Å². The second-order valence-electron chi connectivity index (χ2n) is 5.69. The summed E-state index contributed by atoms with van der Waals surface area (Å²) in [4.78, 5) is 11.3. The molecule has 1 aromatic carbocycles. The van der Waals surface area contributed by atoms with Gasteiger partial charge < -0.3 is 20.1 Å². The van der Waals surface area contributed by atoms with Crippen molar-refractivity contribution in [3.8, 4) is 5.75 Å². The maximum absolute atomic E-state index is 11.3. The van der Waals surface area contributed by atoms with Gasteiger partial charge in [-0.2, -0.15) is 0 Å². The molecule has 2 N–H and O–H groups in total. The Morgan fingerprint density at radius 1 is 1.35 bits per heavy atom. The Labute approximate surface area is 118 Å². The van der Waals surface area contributed by atoms with Gasteiger partial charge in [0, 0.05) is 25.3 Å². The van der Waals surface area contributed by atoms with Crippen LogP contribution in [0.4, 0.5) is 5.69 Å². The van der Waals surface area contributed by atoms with Gasteiger partial charge >= 0.3 is 0 Å². The van der Waals surface area contributed by atoms with Gasteiger partial charge in [0.2, 0.25) is 0 Å². The lowest BCUT2D eigenvalue weighted by molar-refractivity contribution is -0.118. The third-order valence-corrected chi connectivity index (χ3v) is 3.99. The molecule has 5 nitrogen and oxygen atoms in total. The van der Waals surface area contributed by atoms with Crippen molar-refractivity contribution in [2.24, 2.45) is 0 Å². The van der Waals surface area contributed by atoms with Gasteiger partial charge in [-0.25, -0.2) is 0 Å². The van der Waals surface area contributed by atoms with E-state index in [1.165, 1.54) is 0 Å². The van der Waals surface area contributed by atoms with Gasteiger partial charge in [-0.15, -0.1) is 0 Å². The number of benzene rings is 1. The van der Waals surface area contributed by atoms with Crippen LogP contribution in [0.15, 0.2) is 18.2 Å². The first-order valence-corrected chi connectivity index (χ1v) is 7.03. The molecule has 1 fully saturated rings. The summed E-state index contributed by atoms with van der Waals surface area (Å²) < 4.78 is 10.8. The molecule has 0 aromatic heterocycles. The molecule has 2 aliphatic heterocycles. The SMILES string of the molecule is CC1(NCc2ccc3c(c2)NC(=O)CO3)CCOCC1. The highest BCUT2D eigenvalue weighted by atomic mass is 16.5. The summed E-state index contributed by atoms with van der Waals surface area (Å²) >= 11 is 0. The molecule has 0 unspecified atom stereocenters. The van der Waals surface area contributed by atoms with E-state index in [4.69, 9.17) is 9.47 Å². The summed E-state index contributed by atoms with van der Waals surface area (Å²) in [6.07, 6.45) is 2.05. The van der Waals surface area contributed by atoms with Crippen LogP contribution in [0.25, 0.3) is 0 Å². The summed E-state index contributed by atoms with van der Waals surface area (Å²) in [6, 6.07) is 5.92. The van der Waals surface area contributed by atoms with Crippen molar-refractivity contribution < 1.29 is 14.3 Å². The van der Waals surface area contributed by atoms with Crippen LogP contribution in [-0.4, -0.2) is 31.3 Å². The highest BCUT2D eigenvalue weighted by Crippen LogP contribution is 2.29. The van der Waals surface area contributed by atoms with Crippen molar-refractivity contribution >= 4 is 11.6 Å². The zero-order valence-electron chi connectivity index (χ0n) is 11.7. The molecule has 0 aliphatic carbocycles. The van der Waals surface area contributed by atoms with Gasteiger partial charge in [-0.1, -0.05) is 6.07 Å². The Hall–Kier alpha value is -1.59. The predicted octanol–water partition coefficient (Wildman–Crippen LogP) is 1.68. The normalized spacial score (nSPS) is 20.8. The van der Waals surface area contributed by atoms with Gasteiger partial charge in [-0.3, -0.25) is 4.79 Å². The van der Waals surface area contributed by atoms with Crippen molar-refractivity contribution in [3.63, 3.8) is 0 Å². The lowest BCUT2D eigenvalue weighted by Gasteiger charge is -2.34. The van der Waals surface area contributed by atoms with Gasteiger partial charge in [0.05, 0.1) is 5.69 Å². The molecule has 0 spiro atoms. The fraction of sp³-hybridized carbons (Fsp3) is 0.533. The largest absolute Gasteiger partial charge is 0.482 e. The van der Waals surface area contributed by atoms with E-state index in [2.05, 4.69) is 17.6 Å². The minimum atomic E-state index is -0.0981. The summed E-state index contributed by atoms with van der Waals surface area (Å²) in [7, 11) is 0. The molecule has 1 amide bonds. The fourth-order valence-corrected chi connectivity index (χ4v) is 2.55. The number of anilines is 1. The molecule has 5 heteroatoms. The van der Waals surface area contributed by atoms with Gasteiger partial charge in [0.25, 0.3) is 5.91 Å². The zero-order chi connectivity index (χ0) is 14.0. The number of amides is 1. The molecule has 0 saturated carbocycles. The molecular weight excluding hydrogens is 256 g/mol. The first kappa shape index (κ1) is 13.4. The molecular formula is C15H20N2O3. The molecule has 0 atom stereocenters. The molecule has 20 heavy (non-hydrogen) atoms. The van der Waals surface area contributed by atoms with Crippen LogP contribution in [0, 0.1) is 0 Å². The van der Waals surface area contributed by atoms with Crippen LogP contribution in [-0.2, 0) is 16.1 Å². The van der Waals surface area contributed by atoms with Crippen LogP contribution < -0.4 is 15.4 Å². The topological polar surface area (TPSA) is 59.6 Å². The number of hydrogen-bond donors (Lipinski definition) is 2. The minimum absolute atomic E-state index is 0.0981. The fourth-order valence-electron chi connectivity index (χ4n) is 2.55. The van der Waals surface area contributed by atoms with E-state index < -0.39 is 0 Å². The highest BCUT2D eigenvalue weighted by molar-refractivity contribution is 5.95. The van der Waals surface area contributed by atoms with E-state index >= 15 is 0 Å². The van der Waals surface area contributed by atoms with Crippen molar-refractivity contribution in [3.05, 3.63) is 23.8 Å². The van der Waals surface area contributed by atoms with Crippen LogP contribution in [0.2, 0.25) is 0 Å². The number of carbonyl (C=O) groups is 1. The van der Waals surface area contributed by atoms with E-state index in [1.807, 2.05) is 18.2 Å². The maximum Gasteiger partial charge on any atom is 0.262 e. The van der Waals surface area contributed by atoms with Gasteiger partial charge in [0.15, 0.2) is 6.61 Å². The van der Waals surface area contributed by atoms with E-state index in [1.54, 1.807) is 0 Å². The van der Waals surface area contributed by atoms with Gasteiger partial charge in [0.1, 0.15) is 5.75 Å². The van der Waals surface area contributed by atoms with Crippen molar-refractivity contribution in [2.45, 2.75) is 31.8 Å². The molecule has 0 radical (unpaired) electrons. The molecule has 1 aromatic rings.